The molecule has 1 spiro atoms. The first kappa shape index (κ1) is 12.9. The maximum Gasteiger partial charge on any atom is 0.0713 e. The van der Waals surface area contributed by atoms with Crippen LogP contribution in [-0.4, -0.2) is 32.3 Å². The largest absolute Gasteiger partial charge is 0.380 e. The van der Waals surface area contributed by atoms with Crippen LogP contribution in [0.25, 0.3) is 0 Å². The molecule has 1 aromatic rings. The number of benzene rings is 1. The Balaban J connectivity index is 1.75. The number of piperazine rings is 1. The smallest absolute Gasteiger partial charge is 0.0713 e. The van der Waals surface area contributed by atoms with Crippen molar-refractivity contribution in [1.82, 2.24) is 5.32 Å². The molecule has 0 aromatic heterocycles. The van der Waals surface area contributed by atoms with Crippen LogP contribution in [0.2, 0.25) is 0 Å². The molecule has 1 aromatic carbocycles. The predicted octanol–water partition coefficient (Wildman–Crippen LogP) is 2.56. The highest BCUT2D eigenvalue weighted by Crippen LogP contribution is 2.33. The molecule has 1 saturated carbocycles. The molecule has 1 saturated heterocycles. The van der Waals surface area contributed by atoms with Crippen molar-refractivity contribution in [3.63, 3.8) is 0 Å². The molecular weight excluding hydrogens is 236 g/mol. The standard InChI is InChI=1S/C16H24N2O/c1-19-12-14-5-4-6-15(11-14)18-10-9-17-16(13-18)7-2-3-8-16/h4-6,11,17H,2-3,7-10,12-13H2,1H3. The predicted molar refractivity (Wildman–Crippen MR) is 78.6 cm³/mol. The van der Waals surface area contributed by atoms with Gasteiger partial charge in [-0.3, -0.25) is 0 Å². The third-order valence-corrected chi connectivity index (χ3v) is 4.52. The molecule has 1 aliphatic heterocycles. The van der Waals surface area contributed by atoms with Crippen molar-refractivity contribution in [2.75, 3.05) is 31.6 Å². The minimum atomic E-state index is 0.384. The molecule has 19 heavy (non-hydrogen) atoms. The molecule has 2 aliphatic rings. The van der Waals surface area contributed by atoms with Crippen LogP contribution in [0.15, 0.2) is 24.3 Å². The second-order valence-electron chi connectivity index (χ2n) is 5.94. The lowest BCUT2D eigenvalue weighted by molar-refractivity contribution is 0.185. The zero-order valence-electron chi connectivity index (χ0n) is 11.8. The van der Waals surface area contributed by atoms with E-state index in [9.17, 15) is 0 Å². The first-order valence-electron chi connectivity index (χ1n) is 7.39. The van der Waals surface area contributed by atoms with Crippen molar-refractivity contribution in [2.24, 2.45) is 0 Å². The number of hydrogen-bond acceptors (Lipinski definition) is 3. The Hall–Kier alpha value is -1.06. The molecule has 0 unspecified atom stereocenters. The van der Waals surface area contributed by atoms with Crippen molar-refractivity contribution in [1.29, 1.82) is 0 Å². The minimum Gasteiger partial charge on any atom is -0.380 e. The highest BCUT2D eigenvalue weighted by molar-refractivity contribution is 5.49. The van der Waals surface area contributed by atoms with Crippen molar-refractivity contribution in [3.8, 4) is 0 Å². The van der Waals surface area contributed by atoms with Crippen LogP contribution in [0, 0.1) is 0 Å². The number of anilines is 1. The van der Waals surface area contributed by atoms with Gasteiger partial charge in [0.05, 0.1) is 6.61 Å². The molecular formula is C16H24N2O. The number of nitrogens with one attached hydrogen (secondary N) is 1. The first-order valence-corrected chi connectivity index (χ1v) is 7.39. The van der Waals surface area contributed by atoms with Gasteiger partial charge in [-0.25, -0.2) is 0 Å². The number of nitrogens with zero attached hydrogens (tertiary/aromatic N) is 1. The lowest BCUT2D eigenvalue weighted by Crippen LogP contribution is -2.59. The normalized spacial score (nSPS) is 22.1. The topological polar surface area (TPSA) is 24.5 Å². The van der Waals surface area contributed by atoms with E-state index in [0.29, 0.717) is 12.1 Å². The van der Waals surface area contributed by atoms with Crippen LogP contribution in [0.5, 0.6) is 0 Å². The number of rotatable bonds is 3. The fourth-order valence-electron chi connectivity index (χ4n) is 3.57. The van der Waals surface area contributed by atoms with E-state index < -0.39 is 0 Å². The summed E-state index contributed by atoms with van der Waals surface area (Å²) >= 11 is 0. The van der Waals surface area contributed by atoms with Crippen LogP contribution < -0.4 is 10.2 Å². The molecule has 0 amide bonds. The number of hydrogen-bond donors (Lipinski definition) is 1. The van der Waals surface area contributed by atoms with Gasteiger partial charge < -0.3 is 15.0 Å². The summed E-state index contributed by atoms with van der Waals surface area (Å²) in [6.45, 7) is 4.07. The molecule has 2 fully saturated rings. The summed E-state index contributed by atoms with van der Waals surface area (Å²) < 4.78 is 5.23. The maximum atomic E-state index is 5.23. The second kappa shape index (κ2) is 5.51. The van der Waals surface area contributed by atoms with E-state index >= 15 is 0 Å². The van der Waals surface area contributed by atoms with E-state index in [4.69, 9.17) is 4.74 Å². The molecule has 1 N–H and O–H groups in total. The number of ether oxygens (including phenoxy) is 1. The van der Waals surface area contributed by atoms with E-state index in [1.54, 1.807) is 7.11 Å². The van der Waals surface area contributed by atoms with Crippen molar-refractivity contribution < 1.29 is 4.74 Å². The zero-order valence-corrected chi connectivity index (χ0v) is 11.8. The molecule has 3 heteroatoms. The molecule has 3 rings (SSSR count). The molecule has 1 aliphatic carbocycles. The summed E-state index contributed by atoms with van der Waals surface area (Å²) in [5.41, 5.74) is 3.00. The van der Waals surface area contributed by atoms with Crippen molar-refractivity contribution >= 4 is 5.69 Å². The van der Waals surface area contributed by atoms with Gasteiger partial charge in [0.15, 0.2) is 0 Å². The van der Waals surface area contributed by atoms with Gasteiger partial charge in [-0.05, 0) is 30.5 Å². The molecule has 104 valence electrons. The molecule has 0 atom stereocenters. The summed E-state index contributed by atoms with van der Waals surface area (Å²) in [5, 5.41) is 3.77. The average molecular weight is 260 g/mol. The Morgan fingerprint density at radius 2 is 2.16 bits per heavy atom. The Kier molecular flexibility index (Phi) is 3.76. The second-order valence-corrected chi connectivity index (χ2v) is 5.94. The first-order chi connectivity index (χ1) is 9.31. The van der Waals surface area contributed by atoms with E-state index in [0.717, 1.165) is 19.6 Å². The van der Waals surface area contributed by atoms with Crippen LogP contribution in [0.3, 0.4) is 0 Å². The summed E-state index contributed by atoms with van der Waals surface area (Å²) in [6.07, 6.45) is 5.43. The molecule has 0 bridgehead atoms. The van der Waals surface area contributed by atoms with Gasteiger partial charge >= 0.3 is 0 Å². The highest BCUT2D eigenvalue weighted by atomic mass is 16.5. The van der Waals surface area contributed by atoms with Gasteiger partial charge in [0.1, 0.15) is 0 Å². The highest BCUT2D eigenvalue weighted by Gasteiger charge is 2.37. The van der Waals surface area contributed by atoms with E-state index in [1.165, 1.54) is 36.9 Å². The van der Waals surface area contributed by atoms with Crippen LogP contribution >= 0.6 is 0 Å². The van der Waals surface area contributed by atoms with Crippen LogP contribution in [0.1, 0.15) is 31.2 Å². The van der Waals surface area contributed by atoms with E-state index in [2.05, 4.69) is 34.5 Å². The lowest BCUT2D eigenvalue weighted by Gasteiger charge is -2.42. The number of methoxy groups -OCH3 is 1. The Morgan fingerprint density at radius 1 is 1.32 bits per heavy atom. The Bertz CT molecular complexity index is 427. The molecule has 3 nitrogen and oxygen atoms in total. The Labute approximate surface area is 115 Å². The summed E-state index contributed by atoms with van der Waals surface area (Å²) in [6, 6.07) is 8.79. The van der Waals surface area contributed by atoms with Gasteiger partial charge in [0.25, 0.3) is 0 Å². The minimum absolute atomic E-state index is 0.384. The van der Waals surface area contributed by atoms with Crippen molar-refractivity contribution in [3.05, 3.63) is 29.8 Å². The van der Waals surface area contributed by atoms with Crippen LogP contribution in [-0.2, 0) is 11.3 Å². The van der Waals surface area contributed by atoms with Crippen LogP contribution in [0.4, 0.5) is 5.69 Å². The third-order valence-electron chi connectivity index (χ3n) is 4.52. The molecule has 0 radical (unpaired) electrons. The summed E-state index contributed by atoms with van der Waals surface area (Å²) in [7, 11) is 1.75. The SMILES string of the molecule is COCc1cccc(N2CCNC3(CCCC3)C2)c1. The monoisotopic (exact) mass is 260 g/mol. The maximum absolute atomic E-state index is 5.23. The van der Waals surface area contributed by atoms with Gasteiger partial charge in [0.2, 0.25) is 0 Å². The fraction of sp³-hybridized carbons (Fsp3) is 0.625. The quantitative estimate of drug-likeness (QED) is 0.904. The van der Waals surface area contributed by atoms with Gasteiger partial charge in [-0.1, -0.05) is 25.0 Å². The summed E-state index contributed by atoms with van der Waals surface area (Å²) in [5.74, 6) is 0. The Morgan fingerprint density at radius 3 is 2.95 bits per heavy atom. The summed E-state index contributed by atoms with van der Waals surface area (Å²) in [4.78, 5) is 2.54. The lowest BCUT2D eigenvalue weighted by atomic mass is 9.94. The zero-order chi connectivity index (χ0) is 13.1. The van der Waals surface area contributed by atoms with Gasteiger partial charge in [-0.2, -0.15) is 0 Å². The fourth-order valence-corrected chi connectivity index (χ4v) is 3.57. The van der Waals surface area contributed by atoms with Gasteiger partial charge in [0, 0.05) is 38.0 Å². The van der Waals surface area contributed by atoms with Gasteiger partial charge in [-0.15, -0.1) is 0 Å². The van der Waals surface area contributed by atoms with E-state index in [1.807, 2.05) is 0 Å². The average Bonchev–Trinajstić information content (AvgIpc) is 2.87. The van der Waals surface area contributed by atoms with E-state index in [-0.39, 0.29) is 0 Å². The third kappa shape index (κ3) is 2.77. The molecule has 1 heterocycles. The van der Waals surface area contributed by atoms with Crippen molar-refractivity contribution in [2.45, 2.75) is 37.8 Å².